The van der Waals surface area contributed by atoms with Crippen LogP contribution < -0.4 is 0 Å². The fraction of sp³-hybridized carbons (Fsp3) is 0.571. The van der Waals surface area contributed by atoms with Gasteiger partial charge >= 0.3 is 0 Å². The zero-order chi connectivity index (χ0) is 12.3. The fourth-order valence-electron chi connectivity index (χ4n) is 2.40. The van der Waals surface area contributed by atoms with Gasteiger partial charge in [-0.1, -0.05) is 43.7 Å². The molecule has 0 aromatic heterocycles. The largest absolute Gasteiger partial charge is 0.367 e. The van der Waals surface area contributed by atoms with E-state index in [-0.39, 0.29) is 18.9 Å². The third kappa shape index (κ3) is 2.83. The van der Waals surface area contributed by atoms with Crippen LogP contribution in [-0.4, -0.2) is 12.0 Å². The maximum Gasteiger partial charge on any atom is 0.274 e. The molecule has 0 amide bonds. The van der Waals surface area contributed by atoms with Gasteiger partial charge in [0, 0.05) is 6.42 Å². The zero-order valence-electron chi connectivity index (χ0n) is 10.0. The lowest BCUT2D eigenvalue weighted by molar-refractivity contribution is -0.240. The summed E-state index contributed by atoms with van der Waals surface area (Å²) in [5, 5.41) is 0. The van der Waals surface area contributed by atoms with Gasteiger partial charge in [-0.05, 0) is 17.9 Å². The van der Waals surface area contributed by atoms with Crippen molar-refractivity contribution in [1.29, 1.82) is 0 Å². The Bertz CT molecular complexity index is 350. The first-order chi connectivity index (χ1) is 8.13. The quantitative estimate of drug-likeness (QED) is 0.755. The molecule has 1 fully saturated rings. The van der Waals surface area contributed by atoms with Crippen LogP contribution in [-0.2, 0) is 11.3 Å². The molecule has 1 aliphatic rings. The molecule has 0 aliphatic heterocycles. The van der Waals surface area contributed by atoms with E-state index in [1.165, 1.54) is 0 Å². The van der Waals surface area contributed by atoms with Crippen LogP contribution in [0.5, 0.6) is 0 Å². The topological polar surface area (TPSA) is 9.23 Å². The van der Waals surface area contributed by atoms with Gasteiger partial charge < -0.3 is 4.74 Å². The molecule has 3 heteroatoms. The van der Waals surface area contributed by atoms with Crippen molar-refractivity contribution < 1.29 is 13.5 Å². The standard InChI is InChI=1S/C14H18F2O/c1-2-6-12-9-14(15,16)13(12)17-10-11-7-4-3-5-8-11/h3-5,7-8,12-13H,2,6,9-10H2,1H3. The summed E-state index contributed by atoms with van der Waals surface area (Å²) in [4.78, 5) is 0. The van der Waals surface area contributed by atoms with Crippen molar-refractivity contribution in [3.63, 3.8) is 0 Å². The predicted octanol–water partition coefficient (Wildman–Crippen LogP) is 4.03. The molecule has 0 bridgehead atoms. The molecule has 94 valence electrons. The molecular weight excluding hydrogens is 222 g/mol. The van der Waals surface area contributed by atoms with E-state index in [2.05, 4.69) is 0 Å². The normalized spacial score (nSPS) is 26.5. The van der Waals surface area contributed by atoms with Gasteiger partial charge in [0.2, 0.25) is 0 Å². The van der Waals surface area contributed by atoms with Gasteiger partial charge in [-0.25, -0.2) is 8.78 Å². The Hall–Kier alpha value is -0.960. The molecule has 2 rings (SSSR count). The van der Waals surface area contributed by atoms with E-state index in [0.29, 0.717) is 0 Å². The van der Waals surface area contributed by atoms with Gasteiger partial charge in [-0.3, -0.25) is 0 Å². The van der Waals surface area contributed by atoms with Crippen LogP contribution in [0.3, 0.4) is 0 Å². The van der Waals surface area contributed by atoms with Crippen LogP contribution in [0.1, 0.15) is 31.7 Å². The Balaban J connectivity index is 1.88. The molecule has 1 saturated carbocycles. The number of hydrogen-bond acceptors (Lipinski definition) is 1. The fourth-order valence-corrected chi connectivity index (χ4v) is 2.40. The minimum atomic E-state index is -2.63. The Morgan fingerprint density at radius 2 is 2.00 bits per heavy atom. The summed E-state index contributed by atoms with van der Waals surface area (Å²) in [7, 11) is 0. The highest BCUT2D eigenvalue weighted by Crippen LogP contribution is 2.47. The van der Waals surface area contributed by atoms with E-state index in [9.17, 15) is 8.78 Å². The highest BCUT2D eigenvalue weighted by molar-refractivity contribution is 5.13. The lowest BCUT2D eigenvalue weighted by atomic mass is 9.75. The van der Waals surface area contributed by atoms with Crippen LogP contribution >= 0.6 is 0 Å². The minimum Gasteiger partial charge on any atom is -0.367 e. The van der Waals surface area contributed by atoms with Gasteiger partial charge in [-0.15, -0.1) is 0 Å². The second-order valence-corrected chi connectivity index (χ2v) is 4.73. The molecule has 1 aromatic rings. The lowest BCUT2D eigenvalue weighted by Crippen LogP contribution is -2.53. The van der Waals surface area contributed by atoms with Crippen molar-refractivity contribution in [2.75, 3.05) is 0 Å². The molecule has 1 aliphatic carbocycles. The van der Waals surface area contributed by atoms with Gasteiger partial charge in [0.25, 0.3) is 5.92 Å². The van der Waals surface area contributed by atoms with Crippen molar-refractivity contribution in [1.82, 2.24) is 0 Å². The van der Waals surface area contributed by atoms with Crippen LogP contribution in [0.4, 0.5) is 8.78 Å². The molecule has 1 nitrogen and oxygen atoms in total. The highest BCUT2D eigenvalue weighted by atomic mass is 19.3. The highest BCUT2D eigenvalue weighted by Gasteiger charge is 2.56. The summed E-state index contributed by atoms with van der Waals surface area (Å²) in [5.41, 5.74) is 0.949. The molecule has 0 radical (unpaired) electrons. The van der Waals surface area contributed by atoms with E-state index in [0.717, 1.165) is 18.4 Å². The van der Waals surface area contributed by atoms with Crippen LogP contribution in [0.2, 0.25) is 0 Å². The average Bonchev–Trinajstić information content (AvgIpc) is 2.30. The summed E-state index contributed by atoms with van der Waals surface area (Å²) < 4.78 is 32.1. The Kier molecular flexibility index (Phi) is 3.77. The molecule has 2 unspecified atom stereocenters. The van der Waals surface area contributed by atoms with E-state index >= 15 is 0 Å². The van der Waals surface area contributed by atoms with Crippen molar-refractivity contribution in [2.24, 2.45) is 5.92 Å². The SMILES string of the molecule is CCCC1CC(F)(F)C1OCc1ccccc1. The zero-order valence-corrected chi connectivity index (χ0v) is 10.0. The summed E-state index contributed by atoms with van der Waals surface area (Å²) in [6, 6.07) is 9.47. The molecule has 0 spiro atoms. The minimum absolute atomic E-state index is 0.0136. The summed E-state index contributed by atoms with van der Waals surface area (Å²) in [6.07, 6.45) is 0.865. The first-order valence-electron chi connectivity index (χ1n) is 6.17. The average molecular weight is 240 g/mol. The second-order valence-electron chi connectivity index (χ2n) is 4.73. The summed E-state index contributed by atoms with van der Waals surface area (Å²) >= 11 is 0. The number of rotatable bonds is 5. The van der Waals surface area contributed by atoms with Gasteiger partial charge in [0.05, 0.1) is 6.61 Å². The Morgan fingerprint density at radius 3 is 2.59 bits per heavy atom. The first kappa shape index (κ1) is 12.5. The lowest BCUT2D eigenvalue weighted by Gasteiger charge is -2.44. The number of halogens is 2. The first-order valence-corrected chi connectivity index (χ1v) is 6.17. The van der Waals surface area contributed by atoms with E-state index in [1.807, 2.05) is 37.3 Å². The monoisotopic (exact) mass is 240 g/mol. The Morgan fingerprint density at radius 1 is 1.29 bits per heavy atom. The van der Waals surface area contributed by atoms with Crippen LogP contribution in [0.15, 0.2) is 30.3 Å². The van der Waals surface area contributed by atoms with Crippen molar-refractivity contribution in [3.05, 3.63) is 35.9 Å². The maximum atomic E-state index is 13.4. The number of benzene rings is 1. The third-order valence-corrected chi connectivity index (χ3v) is 3.31. The molecule has 0 N–H and O–H groups in total. The summed E-state index contributed by atoms with van der Waals surface area (Å²) in [5.74, 6) is -2.60. The Labute approximate surface area is 101 Å². The number of hydrogen-bond donors (Lipinski definition) is 0. The molecular formula is C14H18F2O. The third-order valence-electron chi connectivity index (χ3n) is 3.31. The van der Waals surface area contributed by atoms with E-state index in [1.54, 1.807) is 0 Å². The van der Waals surface area contributed by atoms with Gasteiger partial charge in [-0.2, -0.15) is 0 Å². The van der Waals surface area contributed by atoms with Crippen LogP contribution in [0.25, 0.3) is 0 Å². The molecule has 17 heavy (non-hydrogen) atoms. The van der Waals surface area contributed by atoms with E-state index < -0.39 is 12.0 Å². The molecule has 0 heterocycles. The molecule has 1 aromatic carbocycles. The second kappa shape index (κ2) is 5.13. The molecule has 0 saturated heterocycles. The number of ether oxygens (including phenoxy) is 1. The van der Waals surface area contributed by atoms with Crippen molar-refractivity contribution in [2.45, 2.75) is 44.8 Å². The smallest absolute Gasteiger partial charge is 0.274 e. The molecule has 2 atom stereocenters. The van der Waals surface area contributed by atoms with Gasteiger partial charge in [0.15, 0.2) is 0 Å². The maximum absolute atomic E-state index is 13.4. The van der Waals surface area contributed by atoms with E-state index in [4.69, 9.17) is 4.74 Å². The predicted molar refractivity (Wildman–Crippen MR) is 63.0 cm³/mol. The van der Waals surface area contributed by atoms with Crippen LogP contribution in [0, 0.1) is 5.92 Å². The van der Waals surface area contributed by atoms with Gasteiger partial charge in [0.1, 0.15) is 6.10 Å². The van der Waals surface area contributed by atoms with Crippen molar-refractivity contribution in [3.8, 4) is 0 Å². The van der Waals surface area contributed by atoms with Crippen molar-refractivity contribution >= 4 is 0 Å². The number of alkyl halides is 2. The summed E-state index contributed by atoms with van der Waals surface area (Å²) in [6.45, 7) is 2.30.